The summed E-state index contributed by atoms with van der Waals surface area (Å²) in [5.74, 6) is 0.0752. The fourth-order valence-electron chi connectivity index (χ4n) is 3.20. The van der Waals surface area contributed by atoms with Crippen LogP contribution in [0.25, 0.3) is 33.6 Å². The summed E-state index contributed by atoms with van der Waals surface area (Å²) in [5.41, 5.74) is 7.31. The van der Waals surface area contributed by atoms with E-state index in [4.69, 9.17) is 4.98 Å². The van der Waals surface area contributed by atoms with Crippen LogP contribution in [-0.4, -0.2) is 10.8 Å². The Bertz CT molecular complexity index is 1060. The Morgan fingerprint density at radius 2 is 1.50 bits per heavy atom. The standard InChI is InChI=1S/C20H11NOS2/c22-20-15-4-2-1-3-14(15)16-9-17(12-5-7-23-10-12)21-19(18(16)20)13-6-8-24-11-13/h1-11H. The minimum Gasteiger partial charge on any atom is -0.288 e. The first-order valence-corrected chi connectivity index (χ1v) is 9.46. The summed E-state index contributed by atoms with van der Waals surface area (Å²) < 4.78 is 0. The molecule has 4 heteroatoms. The first-order chi connectivity index (χ1) is 11.8. The molecule has 0 saturated heterocycles. The summed E-state index contributed by atoms with van der Waals surface area (Å²) in [6, 6.07) is 14.0. The van der Waals surface area contributed by atoms with Crippen molar-refractivity contribution in [3.63, 3.8) is 0 Å². The number of aromatic nitrogens is 1. The average Bonchev–Trinajstić information content (AvgIpc) is 3.36. The Morgan fingerprint density at radius 3 is 2.21 bits per heavy atom. The van der Waals surface area contributed by atoms with Crippen LogP contribution in [0.15, 0.2) is 64.0 Å². The van der Waals surface area contributed by atoms with Crippen molar-refractivity contribution in [2.24, 2.45) is 0 Å². The SMILES string of the molecule is O=C1c2ccccc2-c2cc(-c3ccsc3)nc(-c3ccsc3)c21. The number of carbonyl (C=O) groups excluding carboxylic acids is 1. The average molecular weight is 345 g/mol. The van der Waals surface area contributed by atoms with E-state index >= 15 is 0 Å². The van der Waals surface area contributed by atoms with Gasteiger partial charge >= 0.3 is 0 Å². The fourth-order valence-corrected chi connectivity index (χ4v) is 4.49. The van der Waals surface area contributed by atoms with E-state index in [-0.39, 0.29) is 5.78 Å². The van der Waals surface area contributed by atoms with Gasteiger partial charge in [0.25, 0.3) is 0 Å². The quantitative estimate of drug-likeness (QED) is 0.408. The first kappa shape index (κ1) is 13.8. The van der Waals surface area contributed by atoms with Crippen LogP contribution < -0.4 is 0 Å². The Labute approximate surface area is 147 Å². The third kappa shape index (κ3) is 1.94. The second-order valence-corrected chi connectivity index (χ2v) is 7.24. The summed E-state index contributed by atoms with van der Waals surface area (Å²) in [7, 11) is 0. The number of thiophene rings is 2. The van der Waals surface area contributed by atoms with Crippen LogP contribution in [0.1, 0.15) is 15.9 Å². The molecule has 5 rings (SSSR count). The molecule has 0 aliphatic heterocycles. The van der Waals surface area contributed by atoms with Crippen LogP contribution >= 0.6 is 22.7 Å². The second-order valence-electron chi connectivity index (χ2n) is 5.68. The molecule has 4 aromatic rings. The number of ketones is 1. The van der Waals surface area contributed by atoms with Crippen molar-refractivity contribution in [2.75, 3.05) is 0 Å². The van der Waals surface area contributed by atoms with Gasteiger partial charge in [0, 0.05) is 27.5 Å². The van der Waals surface area contributed by atoms with Gasteiger partial charge in [-0.05, 0) is 40.1 Å². The predicted octanol–water partition coefficient (Wildman–Crippen LogP) is 5.75. The van der Waals surface area contributed by atoms with Gasteiger partial charge in [-0.2, -0.15) is 22.7 Å². The zero-order valence-corrected chi connectivity index (χ0v) is 14.2. The van der Waals surface area contributed by atoms with Gasteiger partial charge in [-0.15, -0.1) is 0 Å². The number of nitrogens with zero attached hydrogens (tertiary/aromatic N) is 1. The number of benzene rings is 1. The molecular weight excluding hydrogens is 334 g/mol. The maximum Gasteiger partial charge on any atom is 0.196 e. The lowest BCUT2D eigenvalue weighted by Crippen LogP contribution is -2.00. The minimum atomic E-state index is 0.0752. The second kappa shape index (κ2) is 5.23. The van der Waals surface area contributed by atoms with E-state index < -0.39 is 0 Å². The number of carbonyl (C=O) groups is 1. The van der Waals surface area contributed by atoms with Crippen molar-refractivity contribution >= 4 is 28.5 Å². The molecule has 1 aliphatic carbocycles. The molecular formula is C20H11NOS2. The zero-order chi connectivity index (χ0) is 16.1. The van der Waals surface area contributed by atoms with Gasteiger partial charge in [0.05, 0.1) is 17.0 Å². The molecule has 1 aromatic carbocycles. The highest BCUT2D eigenvalue weighted by Gasteiger charge is 2.31. The van der Waals surface area contributed by atoms with Crippen LogP contribution in [0, 0.1) is 0 Å². The van der Waals surface area contributed by atoms with E-state index in [1.165, 1.54) is 0 Å². The zero-order valence-electron chi connectivity index (χ0n) is 12.5. The van der Waals surface area contributed by atoms with Crippen molar-refractivity contribution in [1.29, 1.82) is 0 Å². The van der Waals surface area contributed by atoms with E-state index in [9.17, 15) is 4.79 Å². The third-order valence-electron chi connectivity index (χ3n) is 4.32. The molecule has 0 atom stereocenters. The Hall–Kier alpha value is -2.56. The monoisotopic (exact) mass is 345 g/mol. The minimum absolute atomic E-state index is 0.0752. The molecule has 0 fully saturated rings. The topological polar surface area (TPSA) is 30.0 Å². The van der Waals surface area contributed by atoms with Crippen molar-refractivity contribution in [3.8, 4) is 33.6 Å². The summed E-state index contributed by atoms with van der Waals surface area (Å²) in [4.78, 5) is 17.8. The molecule has 3 aromatic heterocycles. The van der Waals surface area contributed by atoms with Gasteiger partial charge in [-0.25, -0.2) is 4.98 Å². The molecule has 0 spiro atoms. The summed E-state index contributed by atoms with van der Waals surface area (Å²) >= 11 is 3.27. The van der Waals surface area contributed by atoms with E-state index in [0.29, 0.717) is 0 Å². The lowest BCUT2D eigenvalue weighted by atomic mass is 10.00. The van der Waals surface area contributed by atoms with Crippen molar-refractivity contribution in [3.05, 3.63) is 75.1 Å². The molecule has 114 valence electrons. The normalized spacial score (nSPS) is 12.2. The number of hydrogen-bond acceptors (Lipinski definition) is 4. The van der Waals surface area contributed by atoms with Gasteiger partial charge in [-0.3, -0.25) is 4.79 Å². The molecule has 0 unspecified atom stereocenters. The summed E-state index contributed by atoms with van der Waals surface area (Å²) in [5, 5.41) is 8.21. The molecule has 0 N–H and O–H groups in total. The maximum atomic E-state index is 13.0. The van der Waals surface area contributed by atoms with E-state index in [2.05, 4.69) is 22.9 Å². The van der Waals surface area contributed by atoms with Crippen molar-refractivity contribution in [1.82, 2.24) is 4.98 Å². The van der Waals surface area contributed by atoms with E-state index in [1.54, 1.807) is 22.7 Å². The molecule has 0 radical (unpaired) electrons. The number of pyridine rings is 1. The highest BCUT2D eigenvalue weighted by molar-refractivity contribution is 7.08. The Morgan fingerprint density at radius 1 is 0.792 bits per heavy atom. The molecule has 0 bridgehead atoms. The van der Waals surface area contributed by atoms with Crippen LogP contribution in [0.4, 0.5) is 0 Å². The molecule has 0 saturated carbocycles. The summed E-state index contributed by atoms with van der Waals surface area (Å²) in [6.07, 6.45) is 0. The lowest BCUT2D eigenvalue weighted by Gasteiger charge is -2.09. The smallest absolute Gasteiger partial charge is 0.196 e. The first-order valence-electron chi connectivity index (χ1n) is 7.57. The van der Waals surface area contributed by atoms with E-state index in [1.807, 2.05) is 41.1 Å². The van der Waals surface area contributed by atoms with Gasteiger partial charge in [0.2, 0.25) is 0 Å². The largest absolute Gasteiger partial charge is 0.288 e. The van der Waals surface area contributed by atoms with Crippen LogP contribution in [0.2, 0.25) is 0 Å². The fraction of sp³-hybridized carbons (Fsp3) is 0. The predicted molar refractivity (Wildman–Crippen MR) is 99.7 cm³/mol. The molecule has 24 heavy (non-hydrogen) atoms. The summed E-state index contributed by atoms with van der Waals surface area (Å²) in [6.45, 7) is 0. The van der Waals surface area contributed by atoms with Gasteiger partial charge in [-0.1, -0.05) is 24.3 Å². The molecule has 2 nitrogen and oxygen atoms in total. The highest BCUT2D eigenvalue weighted by Crippen LogP contribution is 2.43. The van der Waals surface area contributed by atoms with Crippen LogP contribution in [0.5, 0.6) is 0 Å². The van der Waals surface area contributed by atoms with Crippen LogP contribution in [0.3, 0.4) is 0 Å². The number of rotatable bonds is 2. The van der Waals surface area contributed by atoms with Gasteiger partial charge < -0.3 is 0 Å². The highest BCUT2D eigenvalue weighted by atomic mass is 32.1. The Balaban J connectivity index is 1.86. The molecule has 3 heterocycles. The molecule has 1 aliphatic rings. The lowest BCUT2D eigenvalue weighted by molar-refractivity contribution is 0.104. The van der Waals surface area contributed by atoms with Gasteiger partial charge in [0.1, 0.15) is 0 Å². The number of hydrogen-bond donors (Lipinski definition) is 0. The number of fused-ring (bicyclic) bond motifs is 3. The van der Waals surface area contributed by atoms with Crippen molar-refractivity contribution in [2.45, 2.75) is 0 Å². The van der Waals surface area contributed by atoms with Gasteiger partial charge in [0.15, 0.2) is 5.78 Å². The Kier molecular flexibility index (Phi) is 3.01. The third-order valence-corrected chi connectivity index (χ3v) is 5.69. The van der Waals surface area contributed by atoms with E-state index in [0.717, 1.165) is 44.8 Å². The van der Waals surface area contributed by atoms with Crippen molar-refractivity contribution < 1.29 is 4.79 Å². The molecule has 0 amide bonds. The van der Waals surface area contributed by atoms with Crippen LogP contribution in [-0.2, 0) is 0 Å². The maximum absolute atomic E-state index is 13.0.